The van der Waals surface area contributed by atoms with Crippen LogP contribution in [0.3, 0.4) is 0 Å². The first kappa shape index (κ1) is 27.0. The van der Waals surface area contributed by atoms with Crippen LogP contribution < -0.4 is 15.8 Å². The quantitative estimate of drug-likeness (QED) is 0.245. The maximum Gasteiger partial charge on any atom is 0.539 e. The number of aryl methyl sites for hydroxylation is 2. The maximum absolute atomic E-state index is 12.2. The standard InChI is InChI=1S/C34H29N8O2/c1-39-33(43)40(2)36-31(35-39)22-18-16-21(17-19-22)29-25-12-5-7-14-27(25)30(28-15-8-6-13-26(28)29)23-10-9-11-24(20-23)32-37-41(3)34(44)42(4)38-32/h5-20H,1-4H3,(H,35,36)/q+1. The summed E-state index contributed by atoms with van der Waals surface area (Å²) in [6.45, 7) is 0. The first-order valence-electron chi connectivity index (χ1n) is 14.1. The molecule has 0 bridgehead atoms. The van der Waals surface area contributed by atoms with E-state index in [1.54, 1.807) is 28.2 Å². The van der Waals surface area contributed by atoms with Crippen LogP contribution in [0, 0.1) is 0 Å². The van der Waals surface area contributed by atoms with Crippen molar-refractivity contribution in [1.29, 1.82) is 0 Å². The van der Waals surface area contributed by atoms with Crippen LogP contribution in [-0.4, -0.2) is 50.9 Å². The summed E-state index contributed by atoms with van der Waals surface area (Å²) in [7, 11) is 6.56. The van der Waals surface area contributed by atoms with E-state index in [0.717, 1.165) is 54.9 Å². The maximum atomic E-state index is 12.2. The highest BCUT2D eigenvalue weighted by atomic mass is 16.2. The molecule has 0 saturated heterocycles. The summed E-state index contributed by atoms with van der Waals surface area (Å²) in [5.41, 5.74) is 8.80. The molecular weight excluding hydrogens is 552 g/mol. The zero-order valence-electron chi connectivity index (χ0n) is 24.7. The van der Waals surface area contributed by atoms with Gasteiger partial charge in [0.05, 0.1) is 0 Å². The van der Waals surface area contributed by atoms with Gasteiger partial charge in [-0.1, -0.05) is 111 Å². The second-order valence-electron chi connectivity index (χ2n) is 10.8. The Hall–Kier alpha value is -5.90. The van der Waals surface area contributed by atoms with Gasteiger partial charge in [-0.3, -0.25) is 5.43 Å². The highest BCUT2D eigenvalue weighted by Crippen LogP contribution is 2.44. The summed E-state index contributed by atoms with van der Waals surface area (Å²) in [5.74, 6) is 1.07. The lowest BCUT2D eigenvalue weighted by Crippen LogP contribution is -2.54. The molecule has 44 heavy (non-hydrogen) atoms. The minimum Gasteiger partial charge on any atom is -0.276 e. The topological polar surface area (TPSA) is 99.6 Å². The normalized spacial score (nSPS) is 13.4. The first-order valence-corrected chi connectivity index (χ1v) is 14.1. The minimum atomic E-state index is -0.289. The van der Waals surface area contributed by atoms with E-state index in [4.69, 9.17) is 0 Å². The molecule has 1 aromatic heterocycles. The van der Waals surface area contributed by atoms with E-state index >= 15 is 0 Å². The Kier molecular flexibility index (Phi) is 6.39. The highest BCUT2D eigenvalue weighted by molar-refractivity contribution is 6.21. The number of benzene rings is 5. The lowest BCUT2D eigenvalue weighted by Gasteiger charge is -2.29. The number of aromatic nitrogens is 4. The minimum absolute atomic E-state index is 0.232. The number of nitrogens with one attached hydrogen (secondary N) is 1. The van der Waals surface area contributed by atoms with E-state index in [2.05, 4.69) is 93.5 Å². The van der Waals surface area contributed by atoms with Crippen LogP contribution >= 0.6 is 0 Å². The number of carbonyl (C=O) groups is 1. The summed E-state index contributed by atoms with van der Waals surface area (Å²) in [4.78, 5) is 24.3. The Morgan fingerprint density at radius 3 is 1.77 bits per heavy atom. The van der Waals surface area contributed by atoms with Gasteiger partial charge in [-0.05, 0) is 49.9 Å². The second-order valence-corrected chi connectivity index (χ2v) is 10.8. The van der Waals surface area contributed by atoms with Crippen molar-refractivity contribution in [2.45, 2.75) is 0 Å². The van der Waals surface area contributed by atoms with Crippen molar-refractivity contribution >= 4 is 33.4 Å². The molecule has 5 aromatic carbocycles. The predicted molar refractivity (Wildman–Crippen MR) is 170 cm³/mol. The number of nitrogens with zero attached hydrogens (tertiary/aromatic N) is 7. The van der Waals surface area contributed by atoms with Gasteiger partial charge in [0.1, 0.15) is 14.1 Å². The van der Waals surface area contributed by atoms with Crippen LogP contribution in [0.4, 0.5) is 4.79 Å². The molecule has 0 spiro atoms. The number of carbonyl (C=O) groups excluding carboxylic acids is 1. The summed E-state index contributed by atoms with van der Waals surface area (Å²) in [5, 5.41) is 20.4. The van der Waals surface area contributed by atoms with E-state index in [0.29, 0.717) is 11.7 Å². The number of hydrogen-bond acceptors (Lipinski definition) is 6. The number of rotatable bonds is 4. The van der Waals surface area contributed by atoms with Gasteiger partial charge in [0.15, 0.2) is 5.84 Å². The van der Waals surface area contributed by atoms with Crippen LogP contribution in [0.25, 0.3) is 55.2 Å². The molecule has 0 aliphatic carbocycles. The number of hydrazine groups is 1. The summed E-state index contributed by atoms with van der Waals surface area (Å²) in [6.07, 6.45) is 0. The first-order chi connectivity index (χ1) is 21.3. The molecule has 0 radical (unpaired) electrons. The molecule has 6 aromatic rings. The molecule has 0 unspecified atom stereocenters. The highest BCUT2D eigenvalue weighted by Gasteiger charge is 2.23. The van der Waals surface area contributed by atoms with Gasteiger partial charge >= 0.3 is 11.7 Å². The molecule has 10 heteroatoms. The van der Waals surface area contributed by atoms with E-state index in [-0.39, 0.29) is 11.7 Å². The zero-order chi connectivity index (χ0) is 30.5. The molecule has 7 rings (SSSR count). The molecule has 1 aliphatic rings. The molecule has 2 amide bonds. The van der Waals surface area contributed by atoms with Crippen molar-refractivity contribution in [3.8, 4) is 33.6 Å². The molecule has 10 nitrogen and oxygen atoms in total. The largest absolute Gasteiger partial charge is 0.539 e. The Morgan fingerprint density at radius 2 is 1.20 bits per heavy atom. The van der Waals surface area contributed by atoms with Crippen molar-refractivity contribution in [1.82, 2.24) is 30.3 Å². The molecule has 2 heterocycles. The average molecular weight is 582 g/mol. The Morgan fingerprint density at radius 1 is 0.659 bits per heavy atom. The van der Waals surface area contributed by atoms with Crippen LogP contribution in [0.5, 0.6) is 0 Å². The van der Waals surface area contributed by atoms with Gasteiger partial charge in [0.25, 0.3) is 0 Å². The number of amides is 2. The van der Waals surface area contributed by atoms with Crippen molar-refractivity contribution in [2.24, 2.45) is 19.2 Å². The monoisotopic (exact) mass is 581 g/mol. The third-order valence-electron chi connectivity index (χ3n) is 7.92. The smallest absolute Gasteiger partial charge is 0.276 e. The molecule has 0 fully saturated rings. The fourth-order valence-electron chi connectivity index (χ4n) is 5.83. The van der Waals surface area contributed by atoms with E-state index < -0.39 is 0 Å². The van der Waals surface area contributed by atoms with Gasteiger partial charge in [0, 0.05) is 25.2 Å². The Balaban J connectivity index is 1.40. The SMILES string of the molecule is CN1N=C(c2ccc(-c3c4ccccc4c(-c4cccc(-c5nn(C)c(=O)[n+](C)n5)c4)c4ccccc34)cc2)NN(C)C1=O. The lowest BCUT2D eigenvalue weighted by molar-refractivity contribution is -0.749. The number of fused-ring (bicyclic) bond motifs is 2. The molecular formula is C34H29N8O2+. The van der Waals surface area contributed by atoms with Crippen LogP contribution in [-0.2, 0) is 14.1 Å². The fourth-order valence-corrected chi connectivity index (χ4v) is 5.83. The lowest BCUT2D eigenvalue weighted by atomic mass is 9.85. The Labute approximate surface area is 253 Å². The van der Waals surface area contributed by atoms with E-state index in [9.17, 15) is 9.59 Å². The fraction of sp³-hybridized carbons (Fsp3) is 0.118. The van der Waals surface area contributed by atoms with Crippen LogP contribution in [0.2, 0.25) is 0 Å². The van der Waals surface area contributed by atoms with E-state index in [1.807, 2.05) is 24.3 Å². The molecule has 1 aliphatic heterocycles. The van der Waals surface area contributed by atoms with Gasteiger partial charge in [0.2, 0.25) is 5.82 Å². The van der Waals surface area contributed by atoms with Crippen molar-refractivity contribution < 1.29 is 9.48 Å². The molecule has 1 N–H and O–H groups in total. The summed E-state index contributed by atoms with van der Waals surface area (Å²) >= 11 is 0. The number of urea groups is 1. The molecule has 0 atom stereocenters. The molecule has 216 valence electrons. The summed E-state index contributed by atoms with van der Waals surface area (Å²) in [6, 6.07) is 33.1. The van der Waals surface area contributed by atoms with Crippen LogP contribution in [0.15, 0.2) is 107 Å². The van der Waals surface area contributed by atoms with Crippen LogP contribution in [0.1, 0.15) is 5.56 Å². The van der Waals surface area contributed by atoms with E-state index in [1.165, 1.54) is 19.4 Å². The summed E-state index contributed by atoms with van der Waals surface area (Å²) < 4.78 is 2.60. The number of hydrogen-bond donors (Lipinski definition) is 1. The van der Waals surface area contributed by atoms with Crippen molar-refractivity contribution in [3.63, 3.8) is 0 Å². The molecule has 0 saturated carbocycles. The third-order valence-corrected chi connectivity index (χ3v) is 7.92. The van der Waals surface area contributed by atoms with Gasteiger partial charge < -0.3 is 0 Å². The number of amidine groups is 1. The number of hydrazone groups is 1. The predicted octanol–water partition coefficient (Wildman–Crippen LogP) is 4.47. The Bertz CT molecular complexity index is 2120. The second kappa shape index (κ2) is 10.4. The van der Waals surface area contributed by atoms with Crippen molar-refractivity contribution in [2.75, 3.05) is 14.1 Å². The van der Waals surface area contributed by atoms with Crippen molar-refractivity contribution in [3.05, 3.63) is 113 Å². The van der Waals surface area contributed by atoms with Gasteiger partial charge in [-0.2, -0.15) is 4.79 Å². The zero-order valence-corrected chi connectivity index (χ0v) is 24.7. The van der Waals surface area contributed by atoms with Gasteiger partial charge in [-0.25, -0.2) is 14.8 Å². The third kappa shape index (κ3) is 4.44. The average Bonchev–Trinajstić information content (AvgIpc) is 3.04. The van der Waals surface area contributed by atoms with Gasteiger partial charge in [-0.15, -0.1) is 5.10 Å².